The molecule has 0 aliphatic rings. The molecule has 0 fully saturated rings. The molecule has 0 saturated heterocycles. The normalized spacial score (nSPS) is 13.0. The van der Waals surface area contributed by atoms with Crippen molar-refractivity contribution in [3.8, 4) is 0 Å². The Kier molecular flexibility index (Phi) is 5.22. The Balaban J connectivity index is 2.38. The summed E-state index contributed by atoms with van der Waals surface area (Å²) in [7, 11) is -2.60. The molecular formula is C15H14ClFN2O4S. The van der Waals surface area contributed by atoms with Gasteiger partial charge in [0, 0.05) is 25.2 Å². The van der Waals surface area contributed by atoms with Crippen molar-refractivity contribution >= 4 is 27.3 Å². The van der Waals surface area contributed by atoms with Crippen LogP contribution in [0, 0.1) is 15.9 Å². The number of nitro groups is 1. The molecule has 0 heterocycles. The Bertz CT molecular complexity index is 889. The molecule has 0 amide bonds. The summed E-state index contributed by atoms with van der Waals surface area (Å²) in [5.41, 5.74) is 0.332. The van der Waals surface area contributed by atoms with Gasteiger partial charge in [-0.2, -0.15) is 4.31 Å². The molecule has 2 rings (SSSR count). The van der Waals surface area contributed by atoms with Crippen LogP contribution in [0.2, 0.25) is 5.02 Å². The lowest BCUT2D eigenvalue weighted by molar-refractivity contribution is -0.384. The molecule has 0 aliphatic heterocycles. The highest BCUT2D eigenvalue weighted by atomic mass is 35.5. The Labute approximate surface area is 143 Å². The fraction of sp³-hybridized carbons (Fsp3) is 0.200. The highest BCUT2D eigenvalue weighted by molar-refractivity contribution is 7.89. The number of nitrogens with zero attached hydrogens (tertiary/aromatic N) is 2. The van der Waals surface area contributed by atoms with Crippen LogP contribution < -0.4 is 0 Å². The van der Waals surface area contributed by atoms with Crippen molar-refractivity contribution in [2.24, 2.45) is 0 Å². The van der Waals surface area contributed by atoms with Crippen molar-refractivity contribution in [2.45, 2.75) is 17.9 Å². The van der Waals surface area contributed by atoms with Crippen LogP contribution in [0.5, 0.6) is 0 Å². The van der Waals surface area contributed by atoms with E-state index in [1.807, 2.05) is 0 Å². The zero-order valence-corrected chi connectivity index (χ0v) is 14.4. The zero-order valence-electron chi connectivity index (χ0n) is 12.8. The molecule has 0 N–H and O–H groups in total. The summed E-state index contributed by atoms with van der Waals surface area (Å²) in [5, 5.41) is 10.6. The second kappa shape index (κ2) is 6.84. The summed E-state index contributed by atoms with van der Waals surface area (Å²) in [6.45, 7) is 1.60. The fourth-order valence-electron chi connectivity index (χ4n) is 2.12. The number of nitro benzene ring substituents is 1. The van der Waals surface area contributed by atoms with Gasteiger partial charge in [-0.1, -0.05) is 23.7 Å². The quantitative estimate of drug-likeness (QED) is 0.591. The topological polar surface area (TPSA) is 80.5 Å². The lowest BCUT2D eigenvalue weighted by Gasteiger charge is -2.24. The molecule has 0 radical (unpaired) electrons. The van der Waals surface area contributed by atoms with Crippen LogP contribution >= 0.6 is 11.6 Å². The van der Waals surface area contributed by atoms with E-state index in [1.54, 1.807) is 13.0 Å². The van der Waals surface area contributed by atoms with Gasteiger partial charge in [0.05, 0.1) is 14.8 Å². The van der Waals surface area contributed by atoms with E-state index < -0.39 is 26.8 Å². The second-order valence-corrected chi connectivity index (χ2v) is 7.53. The lowest BCUT2D eigenvalue weighted by Crippen LogP contribution is -2.29. The molecule has 128 valence electrons. The van der Waals surface area contributed by atoms with Crippen LogP contribution in [0.3, 0.4) is 0 Å². The predicted octanol–water partition coefficient (Wildman–Crippen LogP) is 3.77. The molecular weight excluding hydrogens is 359 g/mol. The van der Waals surface area contributed by atoms with Gasteiger partial charge in [-0.3, -0.25) is 10.1 Å². The molecule has 0 saturated carbocycles. The molecule has 0 bridgehead atoms. The number of hydrogen-bond acceptors (Lipinski definition) is 4. The molecule has 9 heteroatoms. The molecule has 0 aliphatic carbocycles. The Morgan fingerprint density at radius 1 is 1.25 bits per heavy atom. The third-order valence-electron chi connectivity index (χ3n) is 3.68. The number of hydrogen-bond donors (Lipinski definition) is 0. The van der Waals surface area contributed by atoms with E-state index in [0.717, 1.165) is 22.5 Å². The van der Waals surface area contributed by atoms with Crippen LogP contribution in [-0.4, -0.2) is 24.7 Å². The second-order valence-electron chi connectivity index (χ2n) is 5.13. The lowest BCUT2D eigenvalue weighted by atomic mass is 10.1. The summed E-state index contributed by atoms with van der Waals surface area (Å²) in [6, 6.07) is 8.18. The van der Waals surface area contributed by atoms with Gasteiger partial charge in [-0.15, -0.1) is 0 Å². The van der Waals surface area contributed by atoms with Crippen LogP contribution in [0.1, 0.15) is 18.5 Å². The summed E-state index contributed by atoms with van der Waals surface area (Å²) < 4.78 is 39.6. The average molecular weight is 373 g/mol. The van der Waals surface area contributed by atoms with E-state index >= 15 is 0 Å². The van der Waals surface area contributed by atoms with E-state index in [1.165, 1.54) is 25.2 Å². The molecule has 1 atom stereocenters. The predicted molar refractivity (Wildman–Crippen MR) is 87.9 cm³/mol. The third-order valence-corrected chi connectivity index (χ3v) is 5.89. The van der Waals surface area contributed by atoms with Gasteiger partial charge < -0.3 is 0 Å². The minimum absolute atomic E-state index is 0.130. The molecule has 1 unspecified atom stereocenters. The smallest absolute Gasteiger partial charge is 0.258 e. The number of sulfonamides is 1. The van der Waals surface area contributed by atoms with Gasteiger partial charge in [0.2, 0.25) is 10.0 Å². The van der Waals surface area contributed by atoms with Crippen molar-refractivity contribution in [1.29, 1.82) is 0 Å². The number of rotatable bonds is 5. The largest absolute Gasteiger partial charge is 0.269 e. The van der Waals surface area contributed by atoms with Gasteiger partial charge >= 0.3 is 0 Å². The van der Waals surface area contributed by atoms with Gasteiger partial charge in [0.25, 0.3) is 5.69 Å². The molecule has 0 aromatic heterocycles. The van der Waals surface area contributed by atoms with Gasteiger partial charge in [-0.25, -0.2) is 12.8 Å². The Hall–Kier alpha value is -2.03. The third kappa shape index (κ3) is 3.55. The van der Waals surface area contributed by atoms with Crippen molar-refractivity contribution in [2.75, 3.05) is 7.05 Å². The first kappa shape index (κ1) is 18.3. The highest BCUT2D eigenvalue weighted by Gasteiger charge is 2.27. The average Bonchev–Trinajstić information content (AvgIpc) is 2.55. The monoisotopic (exact) mass is 372 g/mol. The van der Waals surface area contributed by atoms with Crippen molar-refractivity contribution < 1.29 is 17.7 Å². The Morgan fingerprint density at radius 3 is 2.50 bits per heavy atom. The van der Waals surface area contributed by atoms with Crippen LogP contribution in [-0.2, 0) is 10.0 Å². The van der Waals surface area contributed by atoms with E-state index in [9.17, 15) is 22.9 Å². The van der Waals surface area contributed by atoms with Crippen LogP contribution in [0.15, 0.2) is 47.4 Å². The van der Waals surface area contributed by atoms with Gasteiger partial charge in [0.1, 0.15) is 5.82 Å². The first-order valence-corrected chi connectivity index (χ1v) is 8.64. The van der Waals surface area contributed by atoms with Crippen LogP contribution in [0.4, 0.5) is 10.1 Å². The molecule has 2 aromatic rings. The summed E-state index contributed by atoms with van der Waals surface area (Å²) in [4.78, 5) is 10.1. The van der Waals surface area contributed by atoms with Gasteiger partial charge in [0.15, 0.2) is 0 Å². The summed E-state index contributed by atoms with van der Waals surface area (Å²) in [6.07, 6.45) is 0. The van der Waals surface area contributed by atoms with E-state index in [-0.39, 0.29) is 15.6 Å². The maximum atomic E-state index is 13.2. The van der Waals surface area contributed by atoms with E-state index in [4.69, 9.17) is 11.6 Å². The maximum absolute atomic E-state index is 13.2. The maximum Gasteiger partial charge on any atom is 0.269 e. The fourth-order valence-corrected chi connectivity index (χ4v) is 3.74. The van der Waals surface area contributed by atoms with Crippen molar-refractivity contribution in [3.05, 3.63) is 69.0 Å². The van der Waals surface area contributed by atoms with E-state index in [2.05, 4.69) is 0 Å². The van der Waals surface area contributed by atoms with E-state index in [0.29, 0.717) is 5.56 Å². The molecule has 2 aromatic carbocycles. The number of halogens is 2. The first-order valence-electron chi connectivity index (χ1n) is 6.82. The van der Waals surface area contributed by atoms with Crippen LogP contribution in [0.25, 0.3) is 0 Å². The minimum atomic E-state index is -3.95. The summed E-state index contributed by atoms with van der Waals surface area (Å²) >= 11 is 5.64. The summed E-state index contributed by atoms with van der Waals surface area (Å²) in [5.74, 6) is -0.718. The number of non-ortho nitro benzene ring substituents is 1. The van der Waals surface area contributed by atoms with Crippen molar-refractivity contribution in [3.63, 3.8) is 0 Å². The Morgan fingerprint density at radius 2 is 1.92 bits per heavy atom. The first-order chi connectivity index (χ1) is 11.1. The minimum Gasteiger partial charge on any atom is -0.258 e. The highest BCUT2D eigenvalue weighted by Crippen LogP contribution is 2.29. The van der Waals surface area contributed by atoms with Crippen molar-refractivity contribution in [1.82, 2.24) is 4.31 Å². The molecule has 0 spiro atoms. The zero-order chi connectivity index (χ0) is 18.1. The number of benzene rings is 2. The molecule has 24 heavy (non-hydrogen) atoms. The van der Waals surface area contributed by atoms with Gasteiger partial charge in [-0.05, 0) is 30.7 Å². The standard InChI is InChI=1S/C15H14ClFN2O4S/c1-10(11-4-3-5-12(8-11)19(20)21)18(2)24(22,23)13-6-7-15(17)14(16)9-13/h3-10H,1-2H3. The SMILES string of the molecule is CC(c1cccc([N+](=O)[O-])c1)N(C)S(=O)(=O)c1ccc(F)c(Cl)c1. The molecule has 6 nitrogen and oxygen atoms in total.